The molecule has 5 rings (SSSR count). The van der Waals surface area contributed by atoms with Crippen LogP contribution in [-0.2, 0) is 17.9 Å². The van der Waals surface area contributed by atoms with Gasteiger partial charge < -0.3 is 14.0 Å². The average molecular weight is 446 g/mol. The molecule has 0 spiro atoms. The smallest absolute Gasteiger partial charge is 0.169 e. The third-order valence-corrected chi connectivity index (χ3v) is 8.46. The Morgan fingerprint density at radius 3 is 2.36 bits per heavy atom. The lowest BCUT2D eigenvalue weighted by molar-refractivity contribution is 0.0616. The highest BCUT2D eigenvalue weighted by molar-refractivity contribution is 6.11. The summed E-state index contributed by atoms with van der Waals surface area (Å²) in [7, 11) is 0. The topological polar surface area (TPSA) is 40.5 Å². The van der Waals surface area contributed by atoms with Gasteiger partial charge in [0.2, 0.25) is 0 Å². The van der Waals surface area contributed by atoms with Gasteiger partial charge in [-0.25, -0.2) is 0 Å². The number of rotatable bonds is 7. The lowest BCUT2D eigenvalue weighted by Gasteiger charge is -2.23. The van der Waals surface area contributed by atoms with E-state index in [-0.39, 0.29) is 22.5 Å². The molecule has 0 atom stereocenters. The molecule has 4 nitrogen and oxygen atoms in total. The maximum atomic E-state index is 13.8. The quantitative estimate of drug-likeness (QED) is 0.389. The first-order valence-corrected chi connectivity index (χ1v) is 12.2. The minimum absolute atomic E-state index is 0.0211. The number of ether oxygens (including phenoxy) is 2. The second-order valence-electron chi connectivity index (χ2n) is 10.9. The molecule has 0 unspecified atom stereocenters. The number of ketones is 1. The number of aromatic nitrogens is 1. The summed E-state index contributed by atoms with van der Waals surface area (Å²) < 4.78 is 14.0. The predicted molar refractivity (Wildman–Crippen MR) is 132 cm³/mol. The number of hydrogen-bond donors (Lipinski definition) is 0. The summed E-state index contributed by atoms with van der Waals surface area (Å²) in [5.74, 6) is 1.75. The Morgan fingerprint density at radius 2 is 1.70 bits per heavy atom. The van der Waals surface area contributed by atoms with Crippen molar-refractivity contribution in [2.75, 3.05) is 13.2 Å². The summed E-state index contributed by atoms with van der Waals surface area (Å²) in [4.78, 5) is 13.8. The van der Waals surface area contributed by atoms with Gasteiger partial charge in [-0.3, -0.25) is 4.79 Å². The molecule has 1 aromatic heterocycles. The van der Waals surface area contributed by atoms with Gasteiger partial charge in [0.15, 0.2) is 5.78 Å². The van der Waals surface area contributed by atoms with Crippen molar-refractivity contribution in [1.29, 1.82) is 0 Å². The van der Waals surface area contributed by atoms with Crippen LogP contribution in [-0.4, -0.2) is 23.6 Å². The Hall–Kier alpha value is -2.59. The summed E-state index contributed by atoms with van der Waals surface area (Å²) in [6, 6.07) is 16.2. The zero-order valence-electron chi connectivity index (χ0n) is 20.3. The molecule has 1 saturated heterocycles. The van der Waals surface area contributed by atoms with E-state index in [1.807, 2.05) is 30.3 Å². The van der Waals surface area contributed by atoms with Gasteiger partial charge in [-0.15, -0.1) is 0 Å². The highest BCUT2D eigenvalue weighted by Crippen LogP contribution is 2.69. The van der Waals surface area contributed by atoms with Crippen molar-refractivity contribution in [3.05, 3.63) is 65.9 Å². The number of carbonyl (C=O) groups is 1. The van der Waals surface area contributed by atoms with Gasteiger partial charge in [0.05, 0.1) is 5.52 Å². The largest absolute Gasteiger partial charge is 0.489 e. The SMILES string of the molecule is CC1(C)C(C(=O)c2cn(CC3CCOCC3)c3c(COc4ccccc4)cccc23)C1(C)C. The Balaban J connectivity index is 1.53. The van der Waals surface area contributed by atoms with Gasteiger partial charge in [-0.1, -0.05) is 64.1 Å². The number of carbonyl (C=O) groups excluding carboxylic acids is 1. The van der Waals surface area contributed by atoms with Crippen LogP contribution in [0.25, 0.3) is 10.9 Å². The number of Topliss-reactive ketones (excluding diaryl/α,β-unsaturated/α-hetero) is 1. The van der Waals surface area contributed by atoms with E-state index in [1.165, 1.54) is 0 Å². The van der Waals surface area contributed by atoms with Crippen LogP contribution in [0.2, 0.25) is 0 Å². The fraction of sp³-hybridized carbons (Fsp3) is 0.483. The monoisotopic (exact) mass is 445 g/mol. The summed E-state index contributed by atoms with van der Waals surface area (Å²) in [5, 5.41) is 1.06. The minimum Gasteiger partial charge on any atom is -0.489 e. The van der Waals surface area contributed by atoms with Crippen molar-refractivity contribution in [2.45, 2.75) is 53.7 Å². The summed E-state index contributed by atoms with van der Waals surface area (Å²) in [6.45, 7) is 11.9. The standard InChI is InChI=1S/C29H35NO3/c1-28(2)27(29(28,3)4)26(31)24-18-30(17-20-13-15-32-16-14-20)25-21(9-8-12-23(24)25)19-33-22-10-6-5-7-11-22/h5-12,18,20,27H,13-17,19H2,1-4H3. The number of para-hydroxylation sites is 2. The third kappa shape index (κ3) is 3.89. The van der Waals surface area contributed by atoms with Gasteiger partial charge in [0, 0.05) is 48.4 Å². The van der Waals surface area contributed by atoms with E-state index in [9.17, 15) is 4.79 Å². The van der Waals surface area contributed by atoms with Gasteiger partial charge in [-0.2, -0.15) is 0 Å². The van der Waals surface area contributed by atoms with E-state index >= 15 is 0 Å². The van der Waals surface area contributed by atoms with Crippen molar-refractivity contribution in [2.24, 2.45) is 22.7 Å². The molecule has 0 amide bonds. The van der Waals surface area contributed by atoms with Crippen LogP contribution in [0.1, 0.15) is 56.5 Å². The van der Waals surface area contributed by atoms with Crippen LogP contribution in [0.4, 0.5) is 0 Å². The van der Waals surface area contributed by atoms with Crippen molar-refractivity contribution in [1.82, 2.24) is 4.57 Å². The first kappa shape index (κ1) is 22.2. The van der Waals surface area contributed by atoms with Crippen LogP contribution >= 0.6 is 0 Å². The fourth-order valence-electron chi connectivity index (χ4n) is 5.79. The molecule has 1 saturated carbocycles. The molecule has 4 heteroatoms. The molecular weight excluding hydrogens is 410 g/mol. The van der Waals surface area contributed by atoms with E-state index in [0.717, 1.165) is 60.4 Å². The highest BCUT2D eigenvalue weighted by Gasteiger charge is 2.68. The molecule has 174 valence electrons. The summed E-state index contributed by atoms with van der Waals surface area (Å²) in [6.07, 6.45) is 4.25. The molecule has 0 N–H and O–H groups in total. The first-order chi connectivity index (χ1) is 15.8. The van der Waals surface area contributed by atoms with E-state index < -0.39 is 0 Å². The number of benzene rings is 2. The van der Waals surface area contributed by atoms with Gasteiger partial charge >= 0.3 is 0 Å². The number of hydrogen-bond acceptors (Lipinski definition) is 3. The van der Waals surface area contributed by atoms with Crippen LogP contribution in [0.15, 0.2) is 54.7 Å². The van der Waals surface area contributed by atoms with Crippen LogP contribution in [0.5, 0.6) is 5.75 Å². The van der Waals surface area contributed by atoms with E-state index in [2.05, 4.69) is 56.7 Å². The lowest BCUT2D eigenvalue weighted by atomic mass is 9.99. The summed E-state index contributed by atoms with van der Waals surface area (Å²) >= 11 is 0. The van der Waals surface area contributed by atoms with Gasteiger partial charge in [-0.05, 0) is 41.7 Å². The minimum atomic E-state index is 0.0211. The van der Waals surface area contributed by atoms with Crippen molar-refractivity contribution in [3.8, 4) is 5.75 Å². The normalized spacial score (nSPS) is 20.1. The van der Waals surface area contributed by atoms with Gasteiger partial charge in [0.1, 0.15) is 12.4 Å². The highest BCUT2D eigenvalue weighted by atomic mass is 16.5. The molecule has 0 bridgehead atoms. The Labute approximate surface area is 196 Å². The average Bonchev–Trinajstić information content (AvgIpc) is 3.06. The zero-order chi connectivity index (χ0) is 23.2. The molecule has 1 aliphatic heterocycles. The molecule has 0 radical (unpaired) electrons. The lowest BCUT2D eigenvalue weighted by Crippen LogP contribution is -2.20. The summed E-state index contributed by atoms with van der Waals surface area (Å²) in [5.41, 5.74) is 3.17. The Bertz CT molecular complexity index is 1140. The first-order valence-electron chi connectivity index (χ1n) is 12.2. The number of nitrogens with zero attached hydrogens (tertiary/aromatic N) is 1. The predicted octanol–water partition coefficient (Wildman–Crippen LogP) is 6.51. The van der Waals surface area contributed by atoms with Crippen molar-refractivity contribution >= 4 is 16.7 Å². The van der Waals surface area contributed by atoms with Crippen LogP contribution in [0.3, 0.4) is 0 Å². The second-order valence-corrected chi connectivity index (χ2v) is 10.9. The van der Waals surface area contributed by atoms with Gasteiger partial charge in [0.25, 0.3) is 0 Å². The van der Waals surface area contributed by atoms with Crippen LogP contribution in [0, 0.1) is 22.7 Å². The molecule has 2 aromatic carbocycles. The zero-order valence-corrected chi connectivity index (χ0v) is 20.3. The molecule has 33 heavy (non-hydrogen) atoms. The van der Waals surface area contributed by atoms with Crippen LogP contribution < -0.4 is 4.74 Å². The third-order valence-electron chi connectivity index (χ3n) is 8.46. The molecule has 2 aliphatic rings. The molecular formula is C29H35NO3. The van der Waals surface area contributed by atoms with E-state index in [1.54, 1.807) is 0 Å². The Morgan fingerprint density at radius 1 is 1.00 bits per heavy atom. The second kappa shape index (κ2) is 8.32. The molecule has 1 aliphatic carbocycles. The van der Waals surface area contributed by atoms with E-state index in [0.29, 0.717) is 12.5 Å². The molecule has 2 heterocycles. The van der Waals surface area contributed by atoms with Crippen molar-refractivity contribution in [3.63, 3.8) is 0 Å². The van der Waals surface area contributed by atoms with E-state index in [4.69, 9.17) is 9.47 Å². The Kier molecular flexibility index (Phi) is 5.60. The van der Waals surface area contributed by atoms with Crippen molar-refractivity contribution < 1.29 is 14.3 Å². The molecule has 3 aromatic rings. The number of fused-ring (bicyclic) bond motifs is 1. The molecule has 2 fully saturated rings. The maximum Gasteiger partial charge on any atom is 0.169 e. The fourth-order valence-corrected chi connectivity index (χ4v) is 5.79. The maximum absolute atomic E-state index is 13.8.